The average Bonchev–Trinajstić information content (AvgIpc) is 3.39. The summed E-state index contributed by atoms with van der Waals surface area (Å²) in [6, 6.07) is 0. The van der Waals surface area contributed by atoms with Crippen LogP contribution in [0.15, 0.2) is 23.3 Å². The molecule has 0 N–H and O–H groups in total. The minimum atomic E-state index is 1.17. The minimum absolute atomic E-state index is 1.17. The molecule has 0 aromatic rings. The second kappa shape index (κ2) is 15.3. The molecule has 0 aromatic carbocycles. The fraction of sp³-hybridized carbons (Fsp3) is 0.857. The zero-order chi connectivity index (χ0) is 19.9. The molecule has 5 aliphatic rings. The zero-order valence-corrected chi connectivity index (χ0v) is 19.5. The molecule has 0 spiro atoms. The van der Waals surface area contributed by atoms with Gasteiger partial charge in [0.25, 0.3) is 0 Å². The van der Waals surface area contributed by atoms with Crippen molar-refractivity contribution in [1.82, 2.24) is 0 Å². The molecule has 3 fully saturated rings. The highest BCUT2D eigenvalue weighted by Crippen LogP contribution is 2.41. The van der Waals surface area contributed by atoms with E-state index in [1.54, 1.807) is 36.8 Å². The third kappa shape index (κ3) is 8.87. The van der Waals surface area contributed by atoms with Crippen molar-refractivity contribution in [3.63, 3.8) is 0 Å². The molecule has 0 radical (unpaired) electrons. The van der Waals surface area contributed by atoms with E-state index in [2.05, 4.69) is 12.2 Å². The van der Waals surface area contributed by atoms with Crippen LogP contribution in [0, 0.1) is 11.8 Å². The Labute approximate surface area is 177 Å². The van der Waals surface area contributed by atoms with Gasteiger partial charge >= 0.3 is 0 Å². The standard InChI is InChI=1S/C9H16.C9H12.C8H16.C2H6/c2*1-2-5-9-7-3-6-8(9)4-1;1-2-4-6-8-7-5-3-1;1-2/h8-9H,1-7H2;3,6H,1-2,4-5,7H2;1-8H2;1-2H3. The third-order valence-electron chi connectivity index (χ3n) is 7.53. The van der Waals surface area contributed by atoms with Crippen LogP contribution in [0.4, 0.5) is 0 Å². The Morgan fingerprint density at radius 2 is 1.00 bits per heavy atom. The minimum Gasteiger partial charge on any atom is -0.0802 e. The van der Waals surface area contributed by atoms with Gasteiger partial charge < -0.3 is 0 Å². The molecule has 0 nitrogen and oxygen atoms in total. The quantitative estimate of drug-likeness (QED) is 0.388. The highest BCUT2D eigenvalue weighted by molar-refractivity contribution is 5.34. The van der Waals surface area contributed by atoms with Crippen LogP contribution >= 0.6 is 0 Å². The molecule has 3 saturated carbocycles. The number of rotatable bonds is 0. The van der Waals surface area contributed by atoms with Gasteiger partial charge in [-0.3, -0.25) is 0 Å². The monoisotopic (exact) mass is 386 g/mol. The van der Waals surface area contributed by atoms with Crippen LogP contribution in [-0.2, 0) is 0 Å². The van der Waals surface area contributed by atoms with Crippen LogP contribution in [0.1, 0.15) is 142 Å². The number of fused-ring (bicyclic) bond motifs is 1. The van der Waals surface area contributed by atoms with Crippen molar-refractivity contribution in [2.45, 2.75) is 142 Å². The van der Waals surface area contributed by atoms with Crippen LogP contribution < -0.4 is 0 Å². The number of hydrogen-bond donors (Lipinski definition) is 0. The predicted octanol–water partition coefficient (Wildman–Crippen LogP) is 9.94. The summed E-state index contributed by atoms with van der Waals surface area (Å²) in [5, 5.41) is 0. The van der Waals surface area contributed by atoms with E-state index in [-0.39, 0.29) is 0 Å². The van der Waals surface area contributed by atoms with Gasteiger partial charge in [-0.05, 0) is 49.5 Å². The molecule has 5 rings (SSSR count). The molecule has 0 aromatic heterocycles. The van der Waals surface area contributed by atoms with Gasteiger partial charge in [-0.2, -0.15) is 0 Å². The first-order valence-corrected chi connectivity index (χ1v) is 13.3. The Bertz CT molecular complexity index is 405. The molecule has 0 amide bonds. The van der Waals surface area contributed by atoms with Crippen molar-refractivity contribution >= 4 is 0 Å². The van der Waals surface area contributed by atoms with E-state index in [1.165, 1.54) is 115 Å². The van der Waals surface area contributed by atoms with E-state index in [4.69, 9.17) is 0 Å². The number of hydrogen-bond acceptors (Lipinski definition) is 0. The van der Waals surface area contributed by atoms with Crippen molar-refractivity contribution < 1.29 is 0 Å². The Hall–Kier alpha value is -0.520. The lowest BCUT2D eigenvalue weighted by molar-refractivity contribution is 0.277. The lowest BCUT2D eigenvalue weighted by Crippen LogP contribution is -2.12. The summed E-state index contributed by atoms with van der Waals surface area (Å²) in [6.07, 6.45) is 34.3. The van der Waals surface area contributed by atoms with E-state index in [1.807, 2.05) is 13.8 Å². The molecular formula is C28H50. The maximum Gasteiger partial charge on any atom is -0.0130 e. The molecule has 0 bridgehead atoms. The van der Waals surface area contributed by atoms with Gasteiger partial charge in [-0.15, -0.1) is 0 Å². The Morgan fingerprint density at radius 3 is 1.50 bits per heavy atom. The highest BCUT2D eigenvalue weighted by Gasteiger charge is 2.28. The van der Waals surface area contributed by atoms with Crippen molar-refractivity contribution in [3.05, 3.63) is 23.3 Å². The fourth-order valence-electron chi connectivity index (χ4n) is 5.87. The van der Waals surface area contributed by atoms with E-state index in [0.717, 1.165) is 0 Å². The Kier molecular flexibility index (Phi) is 13.0. The Balaban J connectivity index is 0.000000144. The molecule has 0 heterocycles. The molecule has 28 heavy (non-hydrogen) atoms. The molecule has 2 unspecified atom stereocenters. The summed E-state index contributed by atoms with van der Waals surface area (Å²) in [5.41, 5.74) is 3.38. The Morgan fingerprint density at radius 1 is 0.536 bits per heavy atom. The molecule has 5 aliphatic carbocycles. The molecule has 2 atom stereocenters. The smallest absolute Gasteiger partial charge is 0.0130 e. The topological polar surface area (TPSA) is 0 Å². The first-order chi connectivity index (χ1) is 13.9. The SMILES string of the molecule is C1=CC2=C(C1)CCCC2.C1CCC2CCCC2C1.C1CCCCCCC1.CC. The molecule has 0 aliphatic heterocycles. The van der Waals surface area contributed by atoms with Gasteiger partial charge in [0.1, 0.15) is 0 Å². The van der Waals surface area contributed by atoms with E-state index in [9.17, 15) is 0 Å². The van der Waals surface area contributed by atoms with Gasteiger partial charge in [0.2, 0.25) is 0 Å². The lowest BCUT2D eigenvalue weighted by atomic mass is 9.82. The summed E-state index contributed by atoms with van der Waals surface area (Å²) >= 11 is 0. The first kappa shape index (κ1) is 23.8. The maximum absolute atomic E-state index is 2.31. The summed E-state index contributed by atoms with van der Waals surface area (Å²) in [4.78, 5) is 0. The molecule has 0 heteroatoms. The average molecular weight is 387 g/mol. The van der Waals surface area contributed by atoms with Gasteiger partial charge in [-0.1, -0.05) is 128 Å². The third-order valence-corrected chi connectivity index (χ3v) is 7.53. The van der Waals surface area contributed by atoms with E-state index < -0.39 is 0 Å². The highest BCUT2D eigenvalue weighted by atomic mass is 14.3. The fourth-order valence-corrected chi connectivity index (χ4v) is 5.87. The second-order valence-electron chi connectivity index (χ2n) is 9.51. The van der Waals surface area contributed by atoms with E-state index >= 15 is 0 Å². The van der Waals surface area contributed by atoms with Crippen molar-refractivity contribution in [3.8, 4) is 0 Å². The van der Waals surface area contributed by atoms with Gasteiger partial charge in [0.15, 0.2) is 0 Å². The predicted molar refractivity (Wildman–Crippen MR) is 127 cm³/mol. The molecule has 162 valence electrons. The van der Waals surface area contributed by atoms with Crippen LogP contribution in [-0.4, -0.2) is 0 Å². The summed E-state index contributed by atoms with van der Waals surface area (Å²) in [6.45, 7) is 4.00. The summed E-state index contributed by atoms with van der Waals surface area (Å²) in [7, 11) is 0. The molecule has 0 saturated heterocycles. The van der Waals surface area contributed by atoms with Crippen molar-refractivity contribution in [2.75, 3.05) is 0 Å². The maximum atomic E-state index is 2.31. The summed E-state index contributed by atoms with van der Waals surface area (Å²) < 4.78 is 0. The van der Waals surface area contributed by atoms with Crippen LogP contribution in [0.25, 0.3) is 0 Å². The zero-order valence-electron chi connectivity index (χ0n) is 19.5. The normalized spacial score (nSPS) is 28.8. The number of allylic oxidation sites excluding steroid dienone is 4. The van der Waals surface area contributed by atoms with E-state index in [0.29, 0.717) is 0 Å². The summed E-state index contributed by atoms with van der Waals surface area (Å²) in [5.74, 6) is 2.33. The van der Waals surface area contributed by atoms with Gasteiger partial charge in [0.05, 0.1) is 0 Å². The first-order valence-electron chi connectivity index (χ1n) is 13.3. The van der Waals surface area contributed by atoms with Crippen molar-refractivity contribution in [1.29, 1.82) is 0 Å². The van der Waals surface area contributed by atoms with Crippen LogP contribution in [0.3, 0.4) is 0 Å². The largest absolute Gasteiger partial charge is 0.0802 e. The second-order valence-corrected chi connectivity index (χ2v) is 9.51. The lowest BCUT2D eigenvalue weighted by Gasteiger charge is -2.24. The van der Waals surface area contributed by atoms with Crippen LogP contribution in [0.2, 0.25) is 0 Å². The molecular weight excluding hydrogens is 336 g/mol. The van der Waals surface area contributed by atoms with Gasteiger partial charge in [0, 0.05) is 0 Å². The van der Waals surface area contributed by atoms with Crippen molar-refractivity contribution in [2.24, 2.45) is 11.8 Å². The van der Waals surface area contributed by atoms with Crippen LogP contribution in [0.5, 0.6) is 0 Å². The van der Waals surface area contributed by atoms with Gasteiger partial charge in [-0.25, -0.2) is 0 Å².